The predicted molar refractivity (Wildman–Crippen MR) is 175 cm³/mol. The van der Waals surface area contributed by atoms with E-state index >= 15 is 0 Å². The van der Waals surface area contributed by atoms with Crippen molar-refractivity contribution in [1.29, 1.82) is 5.26 Å². The van der Waals surface area contributed by atoms with Crippen LogP contribution in [0.4, 0.5) is 10.2 Å². The van der Waals surface area contributed by atoms with Gasteiger partial charge in [0.1, 0.15) is 23.2 Å². The number of nitrogen functional groups attached to an aromatic ring is 1. The van der Waals surface area contributed by atoms with E-state index in [1.165, 1.54) is 17.8 Å². The van der Waals surface area contributed by atoms with Gasteiger partial charge < -0.3 is 5.73 Å². The van der Waals surface area contributed by atoms with Crippen LogP contribution in [-0.2, 0) is 12.0 Å². The van der Waals surface area contributed by atoms with E-state index in [0.717, 1.165) is 56.7 Å². The van der Waals surface area contributed by atoms with Gasteiger partial charge in [-0.15, -0.1) is 0 Å². The molecule has 2 aliphatic rings. The van der Waals surface area contributed by atoms with Gasteiger partial charge in [0, 0.05) is 30.0 Å². The molecule has 232 valence electrons. The van der Waals surface area contributed by atoms with E-state index in [1.54, 1.807) is 18.5 Å². The molecule has 0 radical (unpaired) electrons. The van der Waals surface area contributed by atoms with Crippen molar-refractivity contribution in [3.8, 4) is 34.5 Å². The van der Waals surface area contributed by atoms with Crippen molar-refractivity contribution < 1.29 is 4.39 Å². The van der Waals surface area contributed by atoms with Crippen molar-refractivity contribution in [3.05, 3.63) is 108 Å². The number of hydrogen-bond donors (Lipinski definition) is 1. The number of pyridine rings is 3. The van der Waals surface area contributed by atoms with Crippen molar-refractivity contribution in [2.75, 3.05) is 18.8 Å². The summed E-state index contributed by atoms with van der Waals surface area (Å²) in [5, 5.41) is 9.28. The molecule has 0 spiro atoms. The van der Waals surface area contributed by atoms with Crippen LogP contribution in [-0.4, -0.2) is 52.5 Å². The number of nitrogens with zero attached hydrogens (tertiary/aromatic N) is 9. The van der Waals surface area contributed by atoms with Gasteiger partial charge in [0.2, 0.25) is 5.82 Å². The smallest absolute Gasteiger partial charge is 0.232 e. The average molecular weight is 623 g/mol. The summed E-state index contributed by atoms with van der Waals surface area (Å²) in [6, 6.07) is 23.0. The quantitative estimate of drug-likeness (QED) is 0.232. The number of nitrogens with two attached hydrogens (primary N) is 1. The average Bonchev–Trinajstić information content (AvgIpc) is 3.84. The Bertz CT molecular complexity index is 2120. The van der Waals surface area contributed by atoms with Crippen LogP contribution in [0.15, 0.2) is 85.3 Å². The Morgan fingerprint density at radius 2 is 1.68 bits per heavy atom. The van der Waals surface area contributed by atoms with E-state index in [-0.39, 0.29) is 11.2 Å². The second kappa shape index (κ2) is 11.6. The number of nitriles is 1. The lowest BCUT2D eigenvalue weighted by molar-refractivity contribution is 0.154. The van der Waals surface area contributed by atoms with E-state index in [2.05, 4.69) is 55.2 Å². The molecule has 0 amide bonds. The van der Waals surface area contributed by atoms with Gasteiger partial charge in [-0.3, -0.25) is 14.5 Å². The van der Waals surface area contributed by atoms with E-state index in [9.17, 15) is 9.65 Å². The maximum atomic E-state index is 13.6. The number of imidazole rings is 1. The monoisotopic (exact) mass is 622 g/mol. The Balaban J connectivity index is 1.05. The van der Waals surface area contributed by atoms with Crippen LogP contribution in [0.25, 0.3) is 39.6 Å². The van der Waals surface area contributed by atoms with E-state index in [1.807, 2.05) is 34.9 Å². The van der Waals surface area contributed by atoms with Gasteiger partial charge in [-0.2, -0.15) is 5.26 Å². The molecule has 0 atom stereocenters. The second-order valence-electron chi connectivity index (χ2n) is 12.4. The summed E-state index contributed by atoms with van der Waals surface area (Å²) < 4.78 is 15.6. The van der Waals surface area contributed by atoms with Crippen molar-refractivity contribution in [2.45, 2.75) is 37.6 Å². The number of hydrogen-bond acceptors (Lipinski definition) is 9. The molecule has 1 saturated carbocycles. The summed E-state index contributed by atoms with van der Waals surface area (Å²) in [6.07, 6.45) is 9.05. The highest BCUT2D eigenvalue weighted by Crippen LogP contribution is 2.56. The third kappa shape index (κ3) is 5.36. The molecule has 0 bridgehead atoms. The predicted octanol–water partition coefficient (Wildman–Crippen LogP) is 5.87. The minimum atomic E-state index is -0.400. The number of halogens is 1. The zero-order valence-corrected chi connectivity index (χ0v) is 25.6. The maximum absolute atomic E-state index is 13.6. The van der Waals surface area contributed by atoms with E-state index < -0.39 is 5.82 Å². The van der Waals surface area contributed by atoms with E-state index in [4.69, 9.17) is 15.7 Å². The molecule has 5 aromatic heterocycles. The molecule has 2 fully saturated rings. The fourth-order valence-corrected chi connectivity index (χ4v) is 7.01. The Labute approximate surface area is 270 Å². The molecule has 8 rings (SSSR count). The van der Waals surface area contributed by atoms with Crippen LogP contribution in [0, 0.1) is 23.1 Å². The third-order valence-electron chi connectivity index (χ3n) is 9.60. The summed E-state index contributed by atoms with van der Waals surface area (Å²) in [5.74, 6) is 1.44. The molecule has 1 aromatic carbocycles. The van der Waals surface area contributed by atoms with E-state index in [0.29, 0.717) is 45.7 Å². The van der Waals surface area contributed by atoms with Crippen molar-refractivity contribution in [1.82, 2.24) is 39.4 Å². The SMILES string of the molecule is N#Cc1nccc(C2(C3CCN(Cc4ccc(-n5c(-c6cccnc6N)nc6ccc(-c7ccc(F)cn7)nc65)cc4)CC3)CC2)n1. The number of aromatic nitrogens is 7. The molecule has 1 aliphatic carbocycles. The summed E-state index contributed by atoms with van der Waals surface area (Å²) in [5.41, 5.74) is 12.8. The minimum Gasteiger partial charge on any atom is -0.383 e. The molecule has 47 heavy (non-hydrogen) atoms. The highest BCUT2D eigenvalue weighted by molar-refractivity contribution is 5.84. The minimum absolute atomic E-state index is 0.103. The molecular formula is C36H31FN10. The maximum Gasteiger partial charge on any atom is 0.232 e. The highest BCUT2D eigenvalue weighted by atomic mass is 19.1. The van der Waals surface area contributed by atoms with Crippen LogP contribution in [0.2, 0.25) is 0 Å². The first-order valence-corrected chi connectivity index (χ1v) is 15.8. The van der Waals surface area contributed by atoms with Crippen LogP contribution >= 0.6 is 0 Å². The zero-order valence-electron chi connectivity index (χ0n) is 25.6. The van der Waals surface area contributed by atoms with Gasteiger partial charge in [0.05, 0.1) is 28.8 Å². The van der Waals surface area contributed by atoms with Crippen LogP contribution < -0.4 is 5.73 Å². The fraction of sp³-hybridized carbons (Fsp3) is 0.250. The van der Waals surface area contributed by atoms with Crippen molar-refractivity contribution in [2.24, 2.45) is 5.92 Å². The number of piperidine rings is 1. The Kier molecular flexibility index (Phi) is 7.14. The Morgan fingerprint density at radius 3 is 2.40 bits per heavy atom. The van der Waals surface area contributed by atoms with Crippen LogP contribution in [0.3, 0.4) is 0 Å². The van der Waals surface area contributed by atoms with Gasteiger partial charge in [-0.1, -0.05) is 12.1 Å². The number of likely N-dealkylation sites (tertiary alicyclic amines) is 1. The van der Waals surface area contributed by atoms with Gasteiger partial charge in [-0.05, 0) is 105 Å². The molecule has 1 saturated heterocycles. The van der Waals surface area contributed by atoms with Crippen molar-refractivity contribution >= 4 is 17.0 Å². The fourth-order valence-electron chi connectivity index (χ4n) is 7.01. The van der Waals surface area contributed by atoms with Gasteiger partial charge in [-0.25, -0.2) is 29.3 Å². The number of anilines is 1. The van der Waals surface area contributed by atoms with Crippen LogP contribution in [0.1, 0.15) is 42.8 Å². The van der Waals surface area contributed by atoms with Gasteiger partial charge >= 0.3 is 0 Å². The third-order valence-corrected chi connectivity index (χ3v) is 9.60. The molecule has 0 unspecified atom stereocenters. The number of benzene rings is 1. The van der Waals surface area contributed by atoms with Crippen molar-refractivity contribution in [3.63, 3.8) is 0 Å². The summed E-state index contributed by atoms with van der Waals surface area (Å²) in [4.78, 5) is 29.5. The van der Waals surface area contributed by atoms with Gasteiger partial charge in [0.25, 0.3) is 0 Å². The molecule has 1 aliphatic heterocycles. The summed E-state index contributed by atoms with van der Waals surface area (Å²) >= 11 is 0. The summed E-state index contributed by atoms with van der Waals surface area (Å²) in [6.45, 7) is 2.90. The first-order chi connectivity index (χ1) is 23.0. The lowest BCUT2D eigenvalue weighted by Gasteiger charge is -2.36. The molecule has 6 aromatic rings. The molecule has 2 N–H and O–H groups in total. The lowest BCUT2D eigenvalue weighted by Crippen LogP contribution is -2.37. The normalized spacial score (nSPS) is 16.3. The first-order valence-electron chi connectivity index (χ1n) is 15.8. The zero-order chi connectivity index (χ0) is 32.0. The highest BCUT2D eigenvalue weighted by Gasteiger charge is 2.52. The molecule has 11 heteroatoms. The largest absolute Gasteiger partial charge is 0.383 e. The molecular weight excluding hydrogens is 591 g/mol. The summed E-state index contributed by atoms with van der Waals surface area (Å²) in [7, 11) is 0. The first kappa shape index (κ1) is 28.8. The Morgan fingerprint density at radius 1 is 0.872 bits per heavy atom. The Hall–Kier alpha value is -5.60. The lowest BCUT2D eigenvalue weighted by atomic mass is 9.79. The van der Waals surface area contributed by atoms with Gasteiger partial charge in [0.15, 0.2) is 11.5 Å². The topological polar surface area (TPSA) is 135 Å². The standard InChI is InChI=1S/C36H31FN10/c37-25-5-8-28(42-21-25)29-9-10-30-35(43-29)47(34(44-30)27-2-1-16-41-33(27)39)26-6-3-23(4-7-26)22-46-18-12-24(13-19-46)36(14-15-36)31-11-17-40-32(20-38)45-31/h1-11,16-17,21,24H,12-15,18-19,22H2,(H2,39,41). The molecule has 10 nitrogen and oxygen atoms in total. The number of fused-ring (bicyclic) bond motifs is 1. The molecule has 6 heterocycles. The van der Waals surface area contributed by atoms with Crippen LogP contribution in [0.5, 0.6) is 0 Å². The second-order valence-corrected chi connectivity index (χ2v) is 12.4. The number of rotatable bonds is 7.